The van der Waals surface area contributed by atoms with Gasteiger partial charge in [-0.25, -0.2) is 26.3 Å². The molecule has 0 bridgehead atoms. The molecule has 2 aromatic carbocycles. The second-order valence-electron chi connectivity index (χ2n) is 6.78. The van der Waals surface area contributed by atoms with E-state index in [1.807, 2.05) is 0 Å². The lowest BCUT2D eigenvalue weighted by Gasteiger charge is -2.15. The molecule has 0 saturated heterocycles. The Labute approximate surface area is 176 Å². The van der Waals surface area contributed by atoms with Gasteiger partial charge in [-0.3, -0.25) is 4.79 Å². The summed E-state index contributed by atoms with van der Waals surface area (Å²) in [5, 5.41) is 2.63. The van der Waals surface area contributed by atoms with Crippen molar-refractivity contribution in [1.82, 2.24) is 9.44 Å². The highest BCUT2D eigenvalue weighted by atomic mass is 32.2. The van der Waals surface area contributed by atoms with Crippen molar-refractivity contribution in [1.29, 1.82) is 0 Å². The average molecular weight is 456 g/mol. The number of sulfonamides is 2. The zero-order valence-corrected chi connectivity index (χ0v) is 18.9. The molecule has 0 aromatic heterocycles. The normalized spacial score (nSPS) is 12.1. The minimum atomic E-state index is -3.91. The number of nitrogens with one attached hydrogen (secondary N) is 3. The third-order valence-electron chi connectivity index (χ3n) is 4.14. The number of aryl methyl sites for hydroxylation is 1. The van der Waals surface area contributed by atoms with Crippen LogP contribution in [-0.2, 0) is 20.0 Å². The number of hydrogen-bond acceptors (Lipinski definition) is 6. The number of methoxy groups -OCH3 is 1. The van der Waals surface area contributed by atoms with Crippen molar-refractivity contribution >= 4 is 31.6 Å². The van der Waals surface area contributed by atoms with Gasteiger partial charge < -0.3 is 10.1 Å². The molecule has 0 aliphatic heterocycles. The van der Waals surface area contributed by atoms with E-state index in [0.717, 1.165) is 0 Å². The van der Waals surface area contributed by atoms with Crippen LogP contribution < -0.4 is 19.5 Å². The van der Waals surface area contributed by atoms with Crippen LogP contribution in [0, 0.1) is 6.92 Å². The van der Waals surface area contributed by atoms with Crippen molar-refractivity contribution in [2.45, 2.75) is 36.6 Å². The van der Waals surface area contributed by atoms with Crippen molar-refractivity contribution in [2.24, 2.45) is 0 Å². The van der Waals surface area contributed by atoms with E-state index < -0.39 is 26.0 Å². The minimum absolute atomic E-state index is 0.00923. The minimum Gasteiger partial charge on any atom is -0.495 e. The van der Waals surface area contributed by atoms with E-state index in [4.69, 9.17) is 4.74 Å². The zero-order chi connectivity index (χ0) is 22.7. The van der Waals surface area contributed by atoms with Gasteiger partial charge in [0.05, 0.1) is 12.0 Å². The van der Waals surface area contributed by atoms with Crippen LogP contribution in [-0.4, -0.2) is 42.9 Å². The quantitative estimate of drug-likeness (QED) is 0.557. The van der Waals surface area contributed by atoms with Crippen molar-refractivity contribution < 1.29 is 26.4 Å². The van der Waals surface area contributed by atoms with E-state index in [9.17, 15) is 21.6 Å². The second-order valence-corrected chi connectivity index (χ2v) is 10.3. The SMILES string of the molecule is CNS(=O)(=O)c1ccc(C)c(NC(=O)c2ccc(OC)c(S(=O)(=O)NC(C)C)c2)c1. The number of carbonyl (C=O) groups excluding carboxylic acids is 1. The molecule has 0 aliphatic carbocycles. The van der Waals surface area contributed by atoms with Crippen molar-refractivity contribution in [3.8, 4) is 5.75 Å². The summed E-state index contributed by atoms with van der Waals surface area (Å²) in [4.78, 5) is 12.6. The summed E-state index contributed by atoms with van der Waals surface area (Å²) >= 11 is 0. The topological polar surface area (TPSA) is 131 Å². The van der Waals surface area contributed by atoms with Crippen LogP contribution in [0.4, 0.5) is 5.69 Å². The van der Waals surface area contributed by atoms with Gasteiger partial charge in [0.25, 0.3) is 5.91 Å². The fraction of sp³-hybridized carbons (Fsp3) is 0.316. The lowest BCUT2D eigenvalue weighted by Crippen LogP contribution is -2.30. The Balaban J connectivity index is 2.44. The molecule has 0 saturated carbocycles. The van der Waals surface area contributed by atoms with Crippen LogP contribution in [0.3, 0.4) is 0 Å². The van der Waals surface area contributed by atoms with Gasteiger partial charge in [-0.15, -0.1) is 0 Å². The largest absolute Gasteiger partial charge is 0.495 e. The molecule has 2 rings (SSSR count). The van der Waals surface area contributed by atoms with Gasteiger partial charge in [0, 0.05) is 17.3 Å². The molecule has 0 heterocycles. The van der Waals surface area contributed by atoms with Gasteiger partial charge in [-0.1, -0.05) is 6.07 Å². The monoisotopic (exact) mass is 455 g/mol. The van der Waals surface area contributed by atoms with Gasteiger partial charge in [0.2, 0.25) is 20.0 Å². The first-order chi connectivity index (χ1) is 13.9. The summed E-state index contributed by atoms with van der Waals surface area (Å²) in [5.41, 5.74) is 0.999. The maximum Gasteiger partial charge on any atom is 0.255 e. The van der Waals surface area contributed by atoms with E-state index in [-0.39, 0.29) is 32.8 Å². The Bertz CT molecular complexity index is 1160. The standard InChI is InChI=1S/C19H25N3O6S2/c1-12(2)22-30(26,27)18-10-14(7-9-17(18)28-5)19(23)21-16-11-15(8-6-13(16)3)29(24,25)20-4/h6-12,20,22H,1-5H3,(H,21,23). The van der Waals surface area contributed by atoms with Crippen molar-refractivity contribution in [3.63, 3.8) is 0 Å². The molecule has 0 atom stereocenters. The molecule has 11 heteroatoms. The summed E-state index contributed by atoms with van der Waals surface area (Å²) < 4.78 is 59.0. The van der Waals surface area contributed by atoms with Gasteiger partial charge in [0.1, 0.15) is 10.6 Å². The molecule has 0 fully saturated rings. The molecule has 9 nitrogen and oxygen atoms in total. The highest BCUT2D eigenvalue weighted by molar-refractivity contribution is 7.89. The number of hydrogen-bond donors (Lipinski definition) is 3. The van der Waals surface area contributed by atoms with E-state index in [1.165, 1.54) is 44.5 Å². The van der Waals surface area contributed by atoms with Crippen LogP contribution >= 0.6 is 0 Å². The summed E-state index contributed by atoms with van der Waals surface area (Å²) in [5.74, 6) is -0.501. The van der Waals surface area contributed by atoms with E-state index in [1.54, 1.807) is 26.8 Å². The first-order valence-corrected chi connectivity index (χ1v) is 11.9. The predicted molar refractivity (Wildman–Crippen MR) is 114 cm³/mol. The number of rotatable bonds is 8. The van der Waals surface area contributed by atoms with Gasteiger partial charge >= 0.3 is 0 Å². The molecule has 2 aromatic rings. The third kappa shape index (κ3) is 5.36. The van der Waals surface area contributed by atoms with E-state index >= 15 is 0 Å². The predicted octanol–water partition coefficient (Wildman–Crippen LogP) is 1.85. The van der Waals surface area contributed by atoms with Gasteiger partial charge in [0.15, 0.2) is 0 Å². The Hall–Kier alpha value is -2.47. The fourth-order valence-corrected chi connectivity index (χ4v) is 4.82. The number of amides is 1. The molecular weight excluding hydrogens is 430 g/mol. The molecule has 0 unspecified atom stereocenters. The van der Waals surface area contributed by atoms with Crippen LogP contribution in [0.1, 0.15) is 29.8 Å². The summed E-state index contributed by atoms with van der Waals surface area (Å²) in [6, 6.07) is 7.99. The van der Waals surface area contributed by atoms with Crippen molar-refractivity contribution in [2.75, 3.05) is 19.5 Å². The second kappa shape index (κ2) is 9.13. The summed E-state index contributed by atoms with van der Waals surface area (Å²) in [6.07, 6.45) is 0. The Morgan fingerprint density at radius 2 is 1.67 bits per heavy atom. The lowest BCUT2D eigenvalue weighted by molar-refractivity contribution is 0.102. The first-order valence-electron chi connectivity index (χ1n) is 8.97. The number of benzene rings is 2. The molecule has 3 N–H and O–H groups in total. The Kier molecular flexibility index (Phi) is 7.24. The highest BCUT2D eigenvalue weighted by Crippen LogP contribution is 2.26. The first kappa shape index (κ1) is 23.8. The van der Waals surface area contributed by atoms with Crippen LogP contribution in [0.15, 0.2) is 46.2 Å². The highest BCUT2D eigenvalue weighted by Gasteiger charge is 2.23. The molecule has 0 aliphatic rings. The summed E-state index contributed by atoms with van der Waals surface area (Å²) in [6.45, 7) is 5.06. The Morgan fingerprint density at radius 3 is 2.23 bits per heavy atom. The zero-order valence-electron chi connectivity index (χ0n) is 17.3. The lowest BCUT2D eigenvalue weighted by atomic mass is 10.1. The van der Waals surface area contributed by atoms with Crippen molar-refractivity contribution in [3.05, 3.63) is 47.5 Å². The van der Waals surface area contributed by atoms with Crippen LogP contribution in [0.25, 0.3) is 0 Å². The van der Waals surface area contributed by atoms with E-state index in [2.05, 4.69) is 14.8 Å². The van der Waals surface area contributed by atoms with Crippen LogP contribution in [0.2, 0.25) is 0 Å². The number of ether oxygens (including phenoxy) is 1. The molecule has 0 radical (unpaired) electrons. The molecule has 164 valence electrons. The number of anilines is 1. The maximum atomic E-state index is 12.8. The van der Waals surface area contributed by atoms with Gasteiger partial charge in [-0.2, -0.15) is 0 Å². The average Bonchev–Trinajstić information content (AvgIpc) is 2.67. The molecular formula is C19H25N3O6S2. The molecule has 30 heavy (non-hydrogen) atoms. The molecule has 0 spiro atoms. The third-order valence-corrected chi connectivity index (χ3v) is 7.23. The van der Waals surface area contributed by atoms with E-state index in [0.29, 0.717) is 5.56 Å². The summed E-state index contributed by atoms with van der Waals surface area (Å²) in [7, 11) is -4.98. The van der Waals surface area contributed by atoms with Crippen LogP contribution in [0.5, 0.6) is 5.75 Å². The molecule has 1 amide bonds. The smallest absolute Gasteiger partial charge is 0.255 e. The van der Waals surface area contributed by atoms with Gasteiger partial charge in [-0.05, 0) is 63.7 Å². The Morgan fingerprint density at radius 1 is 1.00 bits per heavy atom. The maximum absolute atomic E-state index is 12.8. The fourth-order valence-electron chi connectivity index (χ4n) is 2.62. The number of carbonyl (C=O) groups is 1.